The van der Waals surface area contributed by atoms with Crippen LogP contribution in [0.2, 0.25) is 0 Å². The molecule has 1 heterocycles. The number of nitrogens with one attached hydrogen (secondary N) is 1. The average molecular weight is 316 g/mol. The van der Waals surface area contributed by atoms with Crippen molar-refractivity contribution in [1.29, 1.82) is 0 Å². The predicted molar refractivity (Wildman–Crippen MR) is 90.9 cm³/mol. The van der Waals surface area contributed by atoms with Gasteiger partial charge in [0.25, 0.3) is 0 Å². The summed E-state index contributed by atoms with van der Waals surface area (Å²) in [5.74, 6) is 0.914. The lowest BCUT2D eigenvalue weighted by atomic mass is 10.2. The number of para-hydroxylation sites is 2. The Morgan fingerprint density at radius 2 is 1.67 bits per heavy atom. The summed E-state index contributed by atoms with van der Waals surface area (Å²) < 4.78 is 0. The number of nitrogens with zero attached hydrogens (tertiary/aromatic N) is 1. The fourth-order valence-electron chi connectivity index (χ4n) is 2.26. The maximum atomic E-state index is 12.6. The topological polar surface area (TPSA) is 32.3 Å². The van der Waals surface area contributed by atoms with E-state index >= 15 is 0 Å². The summed E-state index contributed by atoms with van der Waals surface area (Å²) in [5.41, 5.74) is 1.89. The van der Waals surface area contributed by atoms with E-state index in [9.17, 15) is 4.79 Å². The maximum Gasteiger partial charge on any atom is 0.326 e. The third-order valence-corrected chi connectivity index (χ3v) is 4.96. The molecule has 0 unspecified atom stereocenters. The molecule has 3 nitrogen and oxygen atoms in total. The van der Waals surface area contributed by atoms with Crippen molar-refractivity contribution < 1.29 is 4.79 Å². The Balaban J connectivity index is 1.96. The normalized spacial score (nSPS) is 12.5. The second-order valence-electron chi connectivity index (χ2n) is 4.60. The average Bonchev–Trinajstić information content (AvgIpc) is 2.52. The molecule has 5 heteroatoms. The zero-order valence-corrected chi connectivity index (χ0v) is 13.3. The van der Waals surface area contributed by atoms with Crippen LogP contribution in [0.1, 0.15) is 0 Å². The van der Waals surface area contributed by atoms with Gasteiger partial charge in [0.05, 0.1) is 11.4 Å². The number of amides is 2. The highest BCUT2D eigenvalue weighted by Crippen LogP contribution is 2.47. The van der Waals surface area contributed by atoms with Gasteiger partial charge >= 0.3 is 6.03 Å². The lowest BCUT2D eigenvalue weighted by molar-refractivity contribution is 0.249. The van der Waals surface area contributed by atoms with Gasteiger partial charge in [0.2, 0.25) is 0 Å². The van der Waals surface area contributed by atoms with Crippen molar-refractivity contribution in [2.24, 2.45) is 0 Å². The van der Waals surface area contributed by atoms with Crippen LogP contribution in [0, 0.1) is 0 Å². The number of urea groups is 1. The van der Waals surface area contributed by atoms with E-state index in [1.807, 2.05) is 42.7 Å². The van der Waals surface area contributed by atoms with Crippen LogP contribution in [0.15, 0.2) is 58.3 Å². The van der Waals surface area contributed by atoms with E-state index in [0.717, 1.165) is 26.9 Å². The minimum absolute atomic E-state index is 0.0655. The van der Waals surface area contributed by atoms with Crippen molar-refractivity contribution in [1.82, 2.24) is 5.32 Å². The minimum atomic E-state index is -0.0655. The molecule has 108 valence electrons. The maximum absolute atomic E-state index is 12.6. The summed E-state index contributed by atoms with van der Waals surface area (Å²) in [5, 5.41) is 2.99. The summed E-state index contributed by atoms with van der Waals surface area (Å²) >= 11 is 3.43. The number of fused-ring (bicyclic) bond motifs is 2. The molecule has 0 spiro atoms. The van der Waals surface area contributed by atoms with E-state index < -0.39 is 0 Å². The first kappa shape index (κ1) is 14.4. The molecule has 2 amide bonds. The molecule has 0 aromatic heterocycles. The monoisotopic (exact) mass is 316 g/mol. The molecule has 0 saturated carbocycles. The number of carbonyl (C=O) groups is 1. The molecular weight excluding hydrogens is 300 g/mol. The van der Waals surface area contributed by atoms with Crippen LogP contribution in [-0.2, 0) is 0 Å². The van der Waals surface area contributed by atoms with Crippen LogP contribution in [-0.4, -0.2) is 24.6 Å². The Hall–Kier alpha value is -1.59. The van der Waals surface area contributed by atoms with E-state index in [1.54, 1.807) is 28.4 Å². The predicted octanol–water partition coefficient (Wildman–Crippen LogP) is 4.36. The molecule has 2 aromatic carbocycles. The molecule has 0 fully saturated rings. The molecule has 0 radical (unpaired) electrons. The molecule has 21 heavy (non-hydrogen) atoms. The van der Waals surface area contributed by atoms with Gasteiger partial charge < -0.3 is 5.32 Å². The number of thioether (sulfide) groups is 1. The van der Waals surface area contributed by atoms with E-state index in [2.05, 4.69) is 17.4 Å². The highest BCUT2D eigenvalue weighted by molar-refractivity contribution is 7.99. The highest BCUT2D eigenvalue weighted by Gasteiger charge is 2.27. The lowest BCUT2D eigenvalue weighted by Crippen LogP contribution is -2.39. The largest absolute Gasteiger partial charge is 0.337 e. The van der Waals surface area contributed by atoms with Gasteiger partial charge in [0.1, 0.15) is 0 Å². The number of hydrogen-bond donors (Lipinski definition) is 1. The summed E-state index contributed by atoms with van der Waals surface area (Å²) in [6.45, 7) is 0.675. The molecular formula is C16H16N2OS2. The Bertz CT molecular complexity index is 615. The Morgan fingerprint density at radius 3 is 2.24 bits per heavy atom. The number of carbonyl (C=O) groups excluding carboxylic acids is 1. The smallest absolute Gasteiger partial charge is 0.326 e. The third-order valence-electron chi connectivity index (χ3n) is 3.22. The van der Waals surface area contributed by atoms with E-state index in [0.29, 0.717) is 6.54 Å². The van der Waals surface area contributed by atoms with Gasteiger partial charge in [-0.1, -0.05) is 36.0 Å². The van der Waals surface area contributed by atoms with Crippen molar-refractivity contribution in [3.05, 3.63) is 48.5 Å². The first-order valence-electron chi connectivity index (χ1n) is 6.74. The number of anilines is 2. The summed E-state index contributed by atoms with van der Waals surface area (Å²) in [7, 11) is 0. The van der Waals surface area contributed by atoms with E-state index in [4.69, 9.17) is 0 Å². The van der Waals surface area contributed by atoms with Gasteiger partial charge in [0, 0.05) is 22.1 Å². The van der Waals surface area contributed by atoms with Crippen LogP contribution >= 0.6 is 23.5 Å². The second-order valence-corrected chi connectivity index (χ2v) is 6.67. The van der Waals surface area contributed by atoms with E-state index in [1.165, 1.54) is 0 Å². The van der Waals surface area contributed by atoms with Crippen molar-refractivity contribution in [2.75, 3.05) is 23.5 Å². The van der Waals surface area contributed by atoms with Crippen molar-refractivity contribution in [3.63, 3.8) is 0 Å². The number of hydrogen-bond acceptors (Lipinski definition) is 3. The van der Waals surface area contributed by atoms with Crippen LogP contribution in [0.3, 0.4) is 0 Å². The van der Waals surface area contributed by atoms with E-state index in [-0.39, 0.29) is 6.03 Å². The van der Waals surface area contributed by atoms with Crippen molar-refractivity contribution in [3.8, 4) is 0 Å². The van der Waals surface area contributed by atoms with Gasteiger partial charge in [-0.25, -0.2) is 4.79 Å². The van der Waals surface area contributed by atoms with Gasteiger partial charge in [-0.3, -0.25) is 4.90 Å². The zero-order chi connectivity index (χ0) is 14.7. The lowest BCUT2D eigenvalue weighted by Gasteiger charge is -2.31. The highest BCUT2D eigenvalue weighted by atomic mass is 32.2. The summed E-state index contributed by atoms with van der Waals surface area (Å²) in [4.78, 5) is 16.6. The van der Waals surface area contributed by atoms with Crippen LogP contribution in [0.5, 0.6) is 0 Å². The number of benzene rings is 2. The van der Waals surface area contributed by atoms with Crippen molar-refractivity contribution in [2.45, 2.75) is 9.79 Å². The molecule has 2 aromatic rings. The summed E-state index contributed by atoms with van der Waals surface area (Å²) in [6.07, 6.45) is 2.04. The molecule has 3 rings (SSSR count). The van der Waals surface area contributed by atoms with Crippen molar-refractivity contribution >= 4 is 40.9 Å². The second kappa shape index (κ2) is 6.45. The molecule has 0 bridgehead atoms. The molecule has 1 N–H and O–H groups in total. The van der Waals surface area contributed by atoms with Crippen LogP contribution < -0.4 is 10.2 Å². The Morgan fingerprint density at radius 1 is 1.10 bits per heavy atom. The molecule has 0 aliphatic carbocycles. The SMILES string of the molecule is CSCCNC(=O)N1c2ccccc2Sc2ccccc21. The standard InChI is InChI=1S/C16H16N2OS2/c1-20-11-10-17-16(19)18-12-6-2-4-8-14(12)21-15-9-5-3-7-13(15)18/h2-9H,10-11H2,1H3,(H,17,19). The third kappa shape index (κ3) is 2.89. The Labute approximate surface area is 133 Å². The van der Waals surface area contributed by atoms with Gasteiger partial charge in [-0.15, -0.1) is 0 Å². The van der Waals surface area contributed by atoms with Gasteiger partial charge in [-0.2, -0.15) is 11.8 Å². The summed E-state index contributed by atoms with van der Waals surface area (Å²) in [6, 6.07) is 16.0. The van der Waals surface area contributed by atoms with Gasteiger partial charge in [-0.05, 0) is 30.5 Å². The van der Waals surface area contributed by atoms with Gasteiger partial charge in [0.15, 0.2) is 0 Å². The molecule has 1 aliphatic heterocycles. The molecule has 0 saturated heterocycles. The first-order chi connectivity index (χ1) is 10.3. The fourth-order valence-corrected chi connectivity index (χ4v) is 3.63. The van der Waals surface area contributed by atoms with Crippen LogP contribution in [0.25, 0.3) is 0 Å². The Kier molecular flexibility index (Phi) is 4.41. The molecule has 1 aliphatic rings. The zero-order valence-electron chi connectivity index (χ0n) is 11.7. The quantitative estimate of drug-likeness (QED) is 0.854. The number of rotatable bonds is 3. The minimum Gasteiger partial charge on any atom is -0.337 e. The molecule has 0 atom stereocenters. The fraction of sp³-hybridized carbons (Fsp3) is 0.188. The first-order valence-corrected chi connectivity index (χ1v) is 8.95. The van der Waals surface area contributed by atoms with Crippen LogP contribution in [0.4, 0.5) is 16.2 Å².